The van der Waals surface area contributed by atoms with Crippen molar-refractivity contribution in [2.75, 3.05) is 46.2 Å². The summed E-state index contributed by atoms with van der Waals surface area (Å²) in [5.74, 6) is 1.65. The van der Waals surface area contributed by atoms with Gasteiger partial charge in [-0.15, -0.1) is 0 Å². The highest BCUT2D eigenvalue weighted by atomic mass is 16.2. The summed E-state index contributed by atoms with van der Waals surface area (Å²) in [6.07, 6.45) is 6.83. The van der Waals surface area contributed by atoms with Crippen molar-refractivity contribution in [3.05, 3.63) is 41.3 Å². The minimum absolute atomic E-state index is 0.0355. The summed E-state index contributed by atoms with van der Waals surface area (Å²) in [5, 5.41) is 4.57. The Morgan fingerprint density at radius 3 is 2.57 bits per heavy atom. The topological polar surface area (TPSA) is 57.5 Å². The molecule has 7 nitrogen and oxygen atoms in total. The second kappa shape index (κ2) is 8.73. The van der Waals surface area contributed by atoms with Gasteiger partial charge in [-0.05, 0) is 44.3 Å². The smallest absolute Gasteiger partial charge is 0.256 e. The van der Waals surface area contributed by atoms with Crippen LogP contribution in [0.1, 0.15) is 34.5 Å². The third kappa shape index (κ3) is 4.70. The lowest BCUT2D eigenvalue weighted by Gasteiger charge is -2.32. The molecule has 7 heteroatoms. The summed E-state index contributed by atoms with van der Waals surface area (Å²) in [4.78, 5) is 23.1. The van der Waals surface area contributed by atoms with Crippen molar-refractivity contribution in [3.63, 3.8) is 0 Å². The van der Waals surface area contributed by atoms with Crippen LogP contribution in [0.15, 0.2) is 24.5 Å². The fourth-order valence-electron chi connectivity index (χ4n) is 3.92. The van der Waals surface area contributed by atoms with Gasteiger partial charge < -0.3 is 9.80 Å². The molecule has 152 valence electrons. The molecule has 0 atom stereocenters. The summed E-state index contributed by atoms with van der Waals surface area (Å²) in [5.41, 5.74) is 2.94. The van der Waals surface area contributed by atoms with E-state index in [1.165, 1.54) is 5.56 Å². The SMILES string of the molecule is CN(C)C(=O)c1cn(C)nc1CC1CCN(Cc2cccnc2N(C)C)CC1. The third-order valence-electron chi connectivity index (χ3n) is 5.42. The maximum atomic E-state index is 12.4. The van der Waals surface area contributed by atoms with Crippen molar-refractivity contribution in [2.45, 2.75) is 25.8 Å². The van der Waals surface area contributed by atoms with Gasteiger partial charge in [-0.3, -0.25) is 14.4 Å². The van der Waals surface area contributed by atoms with Crippen molar-refractivity contribution >= 4 is 11.7 Å². The average Bonchev–Trinajstić information content (AvgIpc) is 3.03. The van der Waals surface area contributed by atoms with Crippen LogP contribution in [0, 0.1) is 5.92 Å². The van der Waals surface area contributed by atoms with Crippen molar-refractivity contribution in [1.82, 2.24) is 24.6 Å². The molecule has 2 aromatic rings. The maximum absolute atomic E-state index is 12.4. The van der Waals surface area contributed by atoms with Crippen LogP contribution in [0.25, 0.3) is 0 Å². The zero-order valence-electron chi connectivity index (χ0n) is 17.7. The molecule has 0 bridgehead atoms. The van der Waals surface area contributed by atoms with Crippen LogP contribution in [0.4, 0.5) is 5.82 Å². The van der Waals surface area contributed by atoms with E-state index >= 15 is 0 Å². The van der Waals surface area contributed by atoms with E-state index in [1.807, 2.05) is 39.6 Å². The van der Waals surface area contributed by atoms with Gasteiger partial charge in [0.05, 0.1) is 11.3 Å². The predicted molar refractivity (Wildman–Crippen MR) is 111 cm³/mol. The lowest BCUT2D eigenvalue weighted by atomic mass is 9.91. The van der Waals surface area contributed by atoms with Gasteiger partial charge in [0.2, 0.25) is 0 Å². The Kier molecular flexibility index (Phi) is 6.34. The quantitative estimate of drug-likeness (QED) is 0.763. The van der Waals surface area contributed by atoms with Crippen LogP contribution in [0.2, 0.25) is 0 Å². The maximum Gasteiger partial charge on any atom is 0.256 e. The molecule has 0 aliphatic carbocycles. The Labute approximate surface area is 167 Å². The van der Waals surface area contributed by atoms with Crippen molar-refractivity contribution < 1.29 is 4.79 Å². The first-order valence-corrected chi connectivity index (χ1v) is 9.93. The van der Waals surface area contributed by atoms with Gasteiger partial charge in [0.25, 0.3) is 5.91 Å². The number of anilines is 1. The normalized spacial score (nSPS) is 15.6. The molecule has 28 heavy (non-hydrogen) atoms. The number of nitrogens with zero attached hydrogens (tertiary/aromatic N) is 6. The van der Waals surface area contributed by atoms with E-state index in [0.717, 1.165) is 56.0 Å². The molecule has 0 N–H and O–H groups in total. The summed E-state index contributed by atoms with van der Waals surface area (Å²) in [6, 6.07) is 4.18. The third-order valence-corrected chi connectivity index (χ3v) is 5.42. The molecule has 0 unspecified atom stereocenters. The Bertz CT molecular complexity index is 805. The van der Waals surface area contributed by atoms with Crippen LogP contribution in [-0.2, 0) is 20.0 Å². The number of likely N-dealkylation sites (tertiary alicyclic amines) is 1. The number of piperidine rings is 1. The molecule has 3 rings (SSSR count). The standard InChI is InChI=1S/C21H32N6O/c1-24(2)20-17(7-6-10-22-20)14-27-11-8-16(9-12-27)13-19-18(15-26(5)23-19)21(28)25(3)4/h6-7,10,15-16H,8-9,11-14H2,1-5H3. The molecular weight excluding hydrogens is 352 g/mol. The van der Waals surface area contributed by atoms with Crippen molar-refractivity contribution in [2.24, 2.45) is 13.0 Å². The molecule has 1 aliphatic rings. The highest BCUT2D eigenvalue weighted by molar-refractivity contribution is 5.94. The molecule has 3 heterocycles. The number of carbonyl (C=O) groups excluding carboxylic acids is 1. The lowest BCUT2D eigenvalue weighted by molar-refractivity contribution is 0.0826. The van der Waals surface area contributed by atoms with E-state index in [2.05, 4.69) is 25.9 Å². The highest BCUT2D eigenvalue weighted by Crippen LogP contribution is 2.25. The number of rotatable bonds is 6. The van der Waals surface area contributed by atoms with Crippen LogP contribution in [-0.4, -0.2) is 71.8 Å². The fourth-order valence-corrected chi connectivity index (χ4v) is 3.92. The molecule has 0 spiro atoms. The first-order valence-electron chi connectivity index (χ1n) is 9.93. The molecule has 1 amide bonds. The number of hydrogen-bond donors (Lipinski definition) is 0. The lowest BCUT2D eigenvalue weighted by Crippen LogP contribution is -2.34. The summed E-state index contributed by atoms with van der Waals surface area (Å²) in [6.45, 7) is 3.06. The van der Waals surface area contributed by atoms with Gasteiger partial charge in [0, 0.05) is 59.7 Å². The van der Waals surface area contributed by atoms with E-state index in [4.69, 9.17) is 0 Å². The summed E-state index contributed by atoms with van der Waals surface area (Å²) in [7, 11) is 9.54. The molecule has 0 radical (unpaired) electrons. The zero-order chi connectivity index (χ0) is 20.3. The number of aryl methyl sites for hydroxylation is 1. The van der Waals surface area contributed by atoms with E-state index in [1.54, 1.807) is 23.7 Å². The van der Waals surface area contributed by atoms with E-state index < -0.39 is 0 Å². The number of hydrogen-bond acceptors (Lipinski definition) is 5. The van der Waals surface area contributed by atoms with Crippen molar-refractivity contribution in [1.29, 1.82) is 0 Å². The largest absolute Gasteiger partial charge is 0.362 e. The van der Waals surface area contributed by atoms with Gasteiger partial charge in [-0.25, -0.2) is 4.98 Å². The number of aromatic nitrogens is 3. The molecule has 1 fully saturated rings. The van der Waals surface area contributed by atoms with Gasteiger partial charge in [0.15, 0.2) is 0 Å². The van der Waals surface area contributed by atoms with Crippen LogP contribution >= 0.6 is 0 Å². The minimum Gasteiger partial charge on any atom is -0.362 e. The Morgan fingerprint density at radius 2 is 1.93 bits per heavy atom. The highest BCUT2D eigenvalue weighted by Gasteiger charge is 2.24. The molecule has 1 saturated heterocycles. The molecule has 1 aliphatic heterocycles. The summed E-state index contributed by atoms with van der Waals surface area (Å²) < 4.78 is 1.76. The molecule has 0 aromatic carbocycles. The molecule has 2 aromatic heterocycles. The monoisotopic (exact) mass is 384 g/mol. The Hall–Kier alpha value is -2.41. The number of carbonyl (C=O) groups is 1. The van der Waals surface area contributed by atoms with E-state index in [-0.39, 0.29) is 5.91 Å². The first-order chi connectivity index (χ1) is 13.3. The van der Waals surface area contributed by atoms with Gasteiger partial charge >= 0.3 is 0 Å². The molecular formula is C21H32N6O. The second-order valence-corrected chi connectivity index (χ2v) is 8.17. The summed E-state index contributed by atoms with van der Waals surface area (Å²) >= 11 is 0. The van der Waals surface area contributed by atoms with Crippen LogP contribution in [0.3, 0.4) is 0 Å². The van der Waals surface area contributed by atoms with Crippen molar-refractivity contribution in [3.8, 4) is 0 Å². The van der Waals surface area contributed by atoms with E-state index in [0.29, 0.717) is 5.92 Å². The average molecular weight is 385 g/mol. The van der Waals surface area contributed by atoms with Gasteiger partial charge in [0.1, 0.15) is 5.82 Å². The second-order valence-electron chi connectivity index (χ2n) is 8.17. The Balaban J connectivity index is 1.59. The molecule has 0 saturated carbocycles. The number of pyridine rings is 1. The predicted octanol–water partition coefficient (Wildman–Crippen LogP) is 2.04. The number of amides is 1. The first kappa shape index (κ1) is 20.3. The van der Waals surface area contributed by atoms with Crippen LogP contribution in [0.5, 0.6) is 0 Å². The minimum atomic E-state index is 0.0355. The van der Waals surface area contributed by atoms with E-state index in [9.17, 15) is 4.79 Å². The van der Waals surface area contributed by atoms with Gasteiger partial charge in [-0.2, -0.15) is 5.10 Å². The fraction of sp³-hybridized carbons (Fsp3) is 0.571. The van der Waals surface area contributed by atoms with Gasteiger partial charge in [-0.1, -0.05) is 6.07 Å². The zero-order valence-corrected chi connectivity index (χ0v) is 17.7. The van der Waals surface area contributed by atoms with Crippen LogP contribution < -0.4 is 4.90 Å². The Morgan fingerprint density at radius 1 is 1.21 bits per heavy atom.